The van der Waals surface area contributed by atoms with Gasteiger partial charge in [0, 0.05) is 36.7 Å². The summed E-state index contributed by atoms with van der Waals surface area (Å²) in [6, 6.07) is 15.2. The lowest BCUT2D eigenvalue weighted by atomic mass is 10.2. The number of likely N-dealkylation sites (N-methyl/N-ethyl adjacent to an activating group) is 1. The van der Waals surface area contributed by atoms with E-state index in [1.54, 1.807) is 17.0 Å². The molecule has 0 heterocycles. The minimum Gasteiger partial charge on any atom is -0.478 e. The smallest absolute Gasteiger partial charge is 0.328 e. The number of urea groups is 1. The number of para-hydroxylation sites is 1. The van der Waals surface area contributed by atoms with Crippen molar-refractivity contribution in [3.8, 4) is 0 Å². The number of ether oxygens (including phenoxy) is 1. The molecule has 3 N–H and O–H groups in total. The molecule has 0 saturated heterocycles. The summed E-state index contributed by atoms with van der Waals surface area (Å²) in [5, 5.41) is 18.5. The lowest BCUT2D eigenvalue weighted by Gasteiger charge is -2.34. The van der Waals surface area contributed by atoms with E-state index < -0.39 is 11.9 Å². The number of rotatable bonds is 13. The fourth-order valence-electron chi connectivity index (χ4n) is 3.37. The monoisotopic (exact) mass is 517 g/mol. The van der Waals surface area contributed by atoms with Gasteiger partial charge in [-0.15, -0.1) is 0 Å². The molecule has 2 rings (SSSR count). The van der Waals surface area contributed by atoms with Crippen molar-refractivity contribution >= 4 is 29.3 Å². The van der Waals surface area contributed by atoms with Gasteiger partial charge in [0.25, 0.3) is 0 Å². The van der Waals surface area contributed by atoms with E-state index in [9.17, 15) is 18.8 Å². The van der Waals surface area contributed by atoms with Crippen LogP contribution in [0.2, 0.25) is 0 Å². The zero-order chi connectivity index (χ0) is 27.6. The highest BCUT2D eigenvalue weighted by molar-refractivity contribution is 6.01. The lowest BCUT2D eigenvalue weighted by molar-refractivity contribution is -0.134. The molecule has 0 radical (unpaired) electrons. The highest BCUT2D eigenvalue weighted by Gasteiger charge is 2.24. The first kappa shape index (κ1) is 31.3. The molecule has 0 aromatic heterocycles. The Morgan fingerprint density at radius 2 is 1.51 bits per heavy atom. The molecule has 1 atom stereocenters. The molecule has 10 heteroatoms. The van der Waals surface area contributed by atoms with Crippen molar-refractivity contribution < 1.29 is 33.7 Å². The van der Waals surface area contributed by atoms with Gasteiger partial charge in [0.2, 0.25) is 0 Å². The zero-order valence-corrected chi connectivity index (χ0v) is 21.5. The van der Waals surface area contributed by atoms with Crippen molar-refractivity contribution in [2.45, 2.75) is 33.2 Å². The molecule has 2 aromatic carbocycles. The number of halogens is 1. The van der Waals surface area contributed by atoms with Gasteiger partial charge < -0.3 is 20.3 Å². The first-order chi connectivity index (χ1) is 17.7. The number of carboxylic acid groups (broad SMARTS) is 2. The van der Waals surface area contributed by atoms with Gasteiger partial charge in [-0.05, 0) is 55.9 Å². The number of carbonyl (C=O) groups excluding carboxylic acids is 1. The van der Waals surface area contributed by atoms with Crippen LogP contribution in [0.4, 0.5) is 20.6 Å². The van der Waals surface area contributed by atoms with Gasteiger partial charge in [-0.2, -0.15) is 0 Å². The number of hydrogen-bond donors (Lipinski definition) is 3. The standard InChI is InChI=1S/C23H32FN3O2.C4H4O4/c1-4-16-29-18-22(26(5-2)6-3)17-27(21-10-8-7-9-11-21)23(28)25-20-14-12-19(24)13-15-20;5-3(6)1-2-4(7)8/h7-15,22H,4-6,16-18H2,1-3H3,(H,25,28);1-2H,(H,5,6)(H,7,8). The Balaban J connectivity index is 0.000000738. The molecule has 0 saturated carbocycles. The second kappa shape index (κ2) is 17.6. The number of amides is 2. The summed E-state index contributed by atoms with van der Waals surface area (Å²) in [5.74, 6) is -2.85. The molecular formula is C27H36FN3O6. The third-order valence-corrected chi connectivity index (χ3v) is 5.16. The van der Waals surface area contributed by atoms with Crippen LogP contribution in [0.15, 0.2) is 66.7 Å². The van der Waals surface area contributed by atoms with E-state index in [-0.39, 0.29) is 17.9 Å². The molecular weight excluding hydrogens is 481 g/mol. The summed E-state index contributed by atoms with van der Waals surface area (Å²) in [6.07, 6.45) is 2.07. The van der Waals surface area contributed by atoms with Crippen LogP contribution in [0, 0.1) is 5.82 Å². The van der Waals surface area contributed by atoms with Crippen molar-refractivity contribution in [3.05, 3.63) is 72.6 Å². The van der Waals surface area contributed by atoms with Gasteiger partial charge in [-0.3, -0.25) is 9.80 Å². The van der Waals surface area contributed by atoms with Gasteiger partial charge in [0.1, 0.15) is 5.82 Å². The van der Waals surface area contributed by atoms with Crippen LogP contribution in [0.5, 0.6) is 0 Å². The largest absolute Gasteiger partial charge is 0.478 e. The summed E-state index contributed by atoms with van der Waals surface area (Å²) in [4.78, 5) is 36.3. The van der Waals surface area contributed by atoms with Crippen molar-refractivity contribution in [2.75, 3.05) is 43.1 Å². The molecule has 0 aliphatic heterocycles. The van der Waals surface area contributed by atoms with E-state index in [4.69, 9.17) is 14.9 Å². The number of hydrogen-bond acceptors (Lipinski definition) is 5. The van der Waals surface area contributed by atoms with Crippen molar-refractivity contribution in [1.82, 2.24) is 4.90 Å². The van der Waals surface area contributed by atoms with Crippen molar-refractivity contribution in [3.63, 3.8) is 0 Å². The van der Waals surface area contributed by atoms with Crippen LogP contribution >= 0.6 is 0 Å². The predicted molar refractivity (Wildman–Crippen MR) is 141 cm³/mol. The van der Waals surface area contributed by atoms with Gasteiger partial charge in [-0.25, -0.2) is 18.8 Å². The molecule has 0 bridgehead atoms. The van der Waals surface area contributed by atoms with Crippen molar-refractivity contribution in [1.29, 1.82) is 0 Å². The van der Waals surface area contributed by atoms with Crippen LogP contribution in [-0.4, -0.2) is 72.0 Å². The van der Waals surface area contributed by atoms with Gasteiger partial charge in [-0.1, -0.05) is 39.0 Å². The van der Waals surface area contributed by atoms with Crippen LogP contribution in [-0.2, 0) is 14.3 Å². The molecule has 37 heavy (non-hydrogen) atoms. The van der Waals surface area contributed by atoms with Crippen LogP contribution in [0.25, 0.3) is 0 Å². The SMILES string of the molecule is CCCOCC(CN(C(=O)Nc1ccc(F)cc1)c1ccccc1)N(CC)CC.O=C(O)C=CC(=O)O. The molecule has 1 unspecified atom stereocenters. The van der Waals surface area contributed by atoms with Crippen molar-refractivity contribution in [2.24, 2.45) is 0 Å². The third kappa shape index (κ3) is 12.7. The number of carbonyl (C=O) groups is 3. The lowest BCUT2D eigenvalue weighted by Crippen LogP contribution is -2.49. The van der Waals surface area contributed by atoms with Gasteiger partial charge in [0.05, 0.1) is 12.6 Å². The molecule has 2 amide bonds. The Labute approximate surface area is 217 Å². The summed E-state index contributed by atoms with van der Waals surface area (Å²) in [6.45, 7) is 9.80. The normalized spacial score (nSPS) is 11.5. The Morgan fingerprint density at radius 3 is 2.00 bits per heavy atom. The molecule has 9 nitrogen and oxygen atoms in total. The average Bonchev–Trinajstić information content (AvgIpc) is 2.88. The Hall–Kier alpha value is -3.76. The fraction of sp³-hybridized carbons (Fsp3) is 0.370. The maximum absolute atomic E-state index is 13.2. The Bertz CT molecular complexity index is 965. The first-order valence-corrected chi connectivity index (χ1v) is 12.1. The van der Waals surface area contributed by atoms with E-state index in [2.05, 4.69) is 31.0 Å². The number of carboxylic acids is 2. The first-order valence-electron chi connectivity index (χ1n) is 12.1. The van der Waals surface area contributed by atoms with E-state index in [0.29, 0.717) is 37.6 Å². The number of nitrogens with zero attached hydrogens (tertiary/aromatic N) is 2. The molecule has 0 spiro atoms. The van der Waals surface area contributed by atoms with Gasteiger partial charge >= 0.3 is 18.0 Å². The third-order valence-electron chi connectivity index (χ3n) is 5.16. The van der Waals surface area contributed by atoms with Crippen LogP contribution < -0.4 is 10.2 Å². The van der Waals surface area contributed by atoms with E-state index in [1.807, 2.05) is 30.3 Å². The second-order valence-electron chi connectivity index (χ2n) is 7.84. The minimum absolute atomic E-state index is 0.0655. The Kier molecular flexibility index (Phi) is 14.9. The number of anilines is 2. The number of benzene rings is 2. The average molecular weight is 518 g/mol. The van der Waals surface area contributed by atoms with Crippen LogP contribution in [0.1, 0.15) is 27.2 Å². The Morgan fingerprint density at radius 1 is 0.946 bits per heavy atom. The number of aliphatic carboxylic acids is 2. The molecule has 0 aliphatic rings. The highest BCUT2D eigenvalue weighted by atomic mass is 19.1. The summed E-state index contributed by atoms with van der Waals surface area (Å²) < 4.78 is 19.0. The maximum atomic E-state index is 13.2. The molecule has 2 aromatic rings. The predicted octanol–water partition coefficient (Wildman–Crippen LogP) is 4.71. The fourth-order valence-corrected chi connectivity index (χ4v) is 3.37. The van der Waals surface area contributed by atoms with E-state index in [0.717, 1.165) is 25.2 Å². The maximum Gasteiger partial charge on any atom is 0.328 e. The van der Waals surface area contributed by atoms with E-state index in [1.165, 1.54) is 12.1 Å². The summed E-state index contributed by atoms with van der Waals surface area (Å²) in [5.41, 5.74) is 1.36. The second-order valence-corrected chi connectivity index (χ2v) is 7.84. The summed E-state index contributed by atoms with van der Waals surface area (Å²) >= 11 is 0. The molecule has 0 fully saturated rings. The van der Waals surface area contributed by atoms with Crippen LogP contribution in [0.3, 0.4) is 0 Å². The van der Waals surface area contributed by atoms with E-state index >= 15 is 0 Å². The quantitative estimate of drug-likeness (QED) is 0.260. The molecule has 202 valence electrons. The summed E-state index contributed by atoms with van der Waals surface area (Å²) in [7, 11) is 0. The zero-order valence-electron chi connectivity index (χ0n) is 21.5. The minimum atomic E-state index is -1.26. The topological polar surface area (TPSA) is 119 Å². The van der Waals surface area contributed by atoms with Gasteiger partial charge in [0.15, 0.2) is 0 Å². The number of nitrogens with one attached hydrogen (secondary N) is 1. The highest BCUT2D eigenvalue weighted by Crippen LogP contribution is 2.18. The molecule has 0 aliphatic carbocycles.